The lowest BCUT2D eigenvalue weighted by molar-refractivity contribution is 0.451. The van der Waals surface area contributed by atoms with Gasteiger partial charge in [0.1, 0.15) is 0 Å². The first-order chi connectivity index (χ1) is 12.7. The van der Waals surface area contributed by atoms with Gasteiger partial charge >= 0.3 is 0 Å². The summed E-state index contributed by atoms with van der Waals surface area (Å²) in [5, 5.41) is 1.65. The first-order valence-corrected chi connectivity index (χ1v) is 10.4. The summed E-state index contributed by atoms with van der Waals surface area (Å²) in [6.07, 6.45) is 0.612. The Kier molecular flexibility index (Phi) is 5.27. The fourth-order valence-electron chi connectivity index (χ4n) is 3.45. The van der Waals surface area contributed by atoms with E-state index in [9.17, 15) is 8.42 Å². The summed E-state index contributed by atoms with van der Waals surface area (Å²) >= 11 is 0. The summed E-state index contributed by atoms with van der Waals surface area (Å²) in [5.74, 6) is 0. The monoisotopic (exact) mass is 382 g/mol. The second-order valence-electron chi connectivity index (χ2n) is 7.67. The number of sulfonamides is 1. The zero-order valence-corrected chi connectivity index (χ0v) is 17.0. The highest BCUT2D eigenvalue weighted by molar-refractivity contribution is 7.89. The summed E-state index contributed by atoms with van der Waals surface area (Å²) in [7, 11) is 0.235. The maximum atomic E-state index is 13.2. The lowest BCUT2D eigenvalue weighted by atomic mass is 9.96. The van der Waals surface area contributed by atoms with Crippen molar-refractivity contribution in [1.82, 2.24) is 4.72 Å². The van der Waals surface area contributed by atoms with E-state index in [0.717, 1.165) is 22.0 Å². The Labute approximate surface area is 161 Å². The molecule has 3 rings (SSSR count). The van der Waals surface area contributed by atoms with E-state index in [-0.39, 0.29) is 0 Å². The summed E-state index contributed by atoms with van der Waals surface area (Å²) in [5.41, 5.74) is 1.48. The summed E-state index contributed by atoms with van der Waals surface area (Å²) in [4.78, 5) is 2.30. The maximum absolute atomic E-state index is 13.2. The molecule has 3 aromatic rings. The summed E-state index contributed by atoms with van der Waals surface area (Å²) < 4.78 is 29.3. The van der Waals surface area contributed by atoms with Crippen molar-refractivity contribution < 1.29 is 8.42 Å². The molecular weight excluding hydrogens is 356 g/mol. The predicted octanol–water partition coefficient (Wildman–Crippen LogP) is 4.21. The lowest BCUT2D eigenvalue weighted by Gasteiger charge is -2.27. The van der Waals surface area contributed by atoms with Gasteiger partial charge < -0.3 is 4.90 Å². The van der Waals surface area contributed by atoms with Crippen LogP contribution in [0.1, 0.15) is 19.4 Å². The van der Waals surface area contributed by atoms with Crippen molar-refractivity contribution in [1.29, 1.82) is 0 Å². The van der Waals surface area contributed by atoms with Gasteiger partial charge in [0.15, 0.2) is 0 Å². The van der Waals surface area contributed by atoms with E-state index < -0.39 is 15.6 Å². The van der Waals surface area contributed by atoms with Gasteiger partial charge in [-0.25, -0.2) is 13.1 Å². The third-order valence-corrected chi connectivity index (χ3v) is 6.29. The molecule has 0 aliphatic carbocycles. The molecule has 0 saturated heterocycles. The Morgan fingerprint density at radius 2 is 1.48 bits per heavy atom. The number of hydrogen-bond donors (Lipinski definition) is 1. The number of nitrogens with one attached hydrogen (secondary N) is 1. The van der Waals surface area contributed by atoms with Gasteiger partial charge in [-0.15, -0.1) is 0 Å². The van der Waals surface area contributed by atoms with Crippen molar-refractivity contribution in [3.63, 3.8) is 0 Å². The molecule has 0 bridgehead atoms. The fraction of sp³-hybridized carbons (Fsp3) is 0.273. The van der Waals surface area contributed by atoms with E-state index in [1.165, 1.54) is 0 Å². The molecule has 1 N–H and O–H groups in total. The van der Waals surface area contributed by atoms with Gasteiger partial charge in [-0.3, -0.25) is 0 Å². The molecule has 0 aliphatic rings. The van der Waals surface area contributed by atoms with Gasteiger partial charge in [0, 0.05) is 36.1 Å². The molecule has 142 valence electrons. The molecule has 3 aromatic carbocycles. The molecule has 27 heavy (non-hydrogen) atoms. The minimum absolute atomic E-state index is 0.310. The number of anilines is 1. The van der Waals surface area contributed by atoms with Gasteiger partial charge in [-0.05, 0) is 38.0 Å². The van der Waals surface area contributed by atoms with Crippen LogP contribution in [0, 0.1) is 0 Å². The van der Waals surface area contributed by atoms with Crippen LogP contribution in [0.25, 0.3) is 10.8 Å². The lowest BCUT2D eigenvalue weighted by Crippen LogP contribution is -2.45. The van der Waals surface area contributed by atoms with E-state index in [1.54, 1.807) is 12.1 Å². The van der Waals surface area contributed by atoms with Crippen LogP contribution in [0.5, 0.6) is 0 Å². The minimum Gasteiger partial charge on any atom is -0.377 e. The SMILES string of the molecule is CN(C)c1cccc2c(S(=O)(=O)NC(C)(C)Cc3ccccc3)cccc12. The van der Waals surface area contributed by atoms with Crippen LogP contribution in [-0.2, 0) is 16.4 Å². The molecule has 0 saturated carbocycles. The highest BCUT2D eigenvalue weighted by atomic mass is 32.2. The molecule has 5 heteroatoms. The van der Waals surface area contributed by atoms with Crippen molar-refractivity contribution in [2.45, 2.75) is 30.7 Å². The Morgan fingerprint density at radius 3 is 2.15 bits per heavy atom. The smallest absolute Gasteiger partial charge is 0.241 e. The Morgan fingerprint density at radius 1 is 0.852 bits per heavy atom. The molecule has 0 unspecified atom stereocenters. The number of benzene rings is 3. The van der Waals surface area contributed by atoms with Crippen LogP contribution in [0.3, 0.4) is 0 Å². The average molecular weight is 383 g/mol. The Balaban J connectivity index is 1.99. The highest BCUT2D eigenvalue weighted by Gasteiger charge is 2.28. The molecule has 0 aliphatic heterocycles. The van der Waals surface area contributed by atoms with E-state index in [2.05, 4.69) is 4.72 Å². The van der Waals surface area contributed by atoms with Crippen LogP contribution >= 0.6 is 0 Å². The standard InChI is InChI=1S/C22H26N2O2S/c1-22(2,16-17-10-6-5-7-11-17)23-27(25,26)21-15-9-12-18-19(21)13-8-14-20(18)24(3)4/h5-15,23H,16H2,1-4H3. The van der Waals surface area contributed by atoms with E-state index >= 15 is 0 Å². The van der Waals surface area contributed by atoms with Gasteiger partial charge in [-0.2, -0.15) is 0 Å². The second-order valence-corrected chi connectivity index (χ2v) is 9.33. The van der Waals surface area contributed by atoms with Crippen molar-refractivity contribution in [3.05, 3.63) is 72.3 Å². The summed E-state index contributed by atoms with van der Waals surface area (Å²) in [6.45, 7) is 3.82. The predicted molar refractivity (Wildman–Crippen MR) is 113 cm³/mol. The van der Waals surface area contributed by atoms with E-state index in [0.29, 0.717) is 11.3 Å². The zero-order valence-electron chi connectivity index (χ0n) is 16.2. The highest BCUT2D eigenvalue weighted by Crippen LogP contribution is 2.30. The summed E-state index contributed by atoms with van der Waals surface area (Å²) in [6, 6.07) is 21.1. The van der Waals surface area contributed by atoms with Crippen molar-refractivity contribution in [2.75, 3.05) is 19.0 Å². The first kappa shape index (κ1) is 19.4. The number of hydrogen-bond acceptors (Lipinski definition) is 3. The van der Waals surface area contributed by atoms with Gasteiger partial charge in [0.05, 0.1) is 4.90 Å². The van der Waals surface area contributed by atoms with Gasteiger partial charge in [0.2, 0.25) is 10.0 Å². The maximum Gasteiger partial charge on any atom is 0.241 e. The largest absolute Gasteiger partial charge is 0.377 e. The van der Waals surface area contributed by atoms with Crippen LogP contribution < -0.4 is 9.62 Å². The molecule has 0 radical (unpaired) electrons. The number of fused-ring (bicyclic) bond motifs is 1. The first-order valence-electron chi connectivity index (χ1n) is 8.97. The molecule has 0 amide bonds. The van der Waals surface area contributed by atoms with Gasteiger partial charge in [0.25, 0.3) is 0 Å². The van der Waals surface area contributed by atoms with Crippen molar-refractivity contribution >= 4 is 26.5 Å². The topological polar surface area (TPSA) is 49.4 Å². The van der Waals surface area contributed by atoms with Crippen LogP contribution in [-0.4, -0.2) is 28.1 Å². The number of rotatable bonds is 6. The van der Waals surface area contributed by atoms with E-state index in [4.69, 9.17) is 0 Å². The van der Waals surface area contributed by atoms with Crippen LogP contribution in [0.4, 0.5) is 5.69 Å². The molecule has 4 nitrogen and oxygen atoms in total. The Hall–Kier alpha value is -2.37. The van der Waals surface area contributed by atoms with Crippen molar-refractivity contribution in [3.8, 4) is 0 Å². The van der Waals surface area contributed by atoms with E-state index in [1.807, 2.05) is 87.4 Å². The average Bonchev–Trinajstić information content (AvgIpc) is 2.60. The van der Waals surface area contributed by atoms with Crippen LogP contribution in [0.2, 0.25) is 0 Å². The molecular formula is C22H26N2O2S. The third-order valence-electron chi connectivity index (χ3n) is 4.53. The molecule has 0 fully saturated rings. The molecule has 0 aromatic heterocycles. The fourth-order valence-corrected chi connectivity index (χ4v) is 5.08. The molecule has 0 heterocycles. The van der Waals surface area contributed by atoms with Gasteiger partial charge in [-0.1, -0.05) is 54.6 Å². The van der Waals surface area contributed by atoms with Crippen LogP contribution in [0.15, 0.2) is 71.6 Å². The second kappa shape index (κ2) is 7.33. The molecule has 0 atom stereocenters. The normalized spacial score (nSPS) is 12.3. The molecule has 0 spiro atoms. The zero-order chi connectivity index (χ0) is 19.7. The quantitative estimate of drug-likeness (QED) is 0.695. The third kappa shape index (κ3) is 4.31. The van der Waals surface area contributed by atoms with Crippen molar-refractivity contribution in [2.24, 2.45) is 0 Å². The Bertz CT molecular complexity index is 1040. The number of nitrogens with zero attached hydrogens (tertiary/aromatic N) is 1. The minimum atomic E-state index is -3.68.